The van der Waals surface area contributed by atoms with Crippen molar-refractivity contribution in [3.63, 3.8) is 0 Å². The molecule has 0 amide bonds. The van der Waals surface area contributed by atoms with Crippen molar-refractivity contribution in [2.24, 2.45) is 7.05 Å². The second-order valence-electron chi connectivity index (χ2n) is 3.44. The van der Waals surface area contributed by atoms with Crippen molar-refractivity contribution in [2.45, 2.75) is 0 Å². The van der Waals surface area contributed by atoms with E-state index in [1.807, 2.05) is 13.2 Å². The summed E-state index contributed by atoms with van der Waals surface area (Å²) in [6.07, 6.45) is 6.63. The fraction of sp³-hybridized carbons (Fsp3) is 0.111. The minimum atomic E-state index is 0.605. The molecule has 0 saturated heterocycles. The Kier molecular flexibility index (Phi) is 1.67. The quantitative estimate of drug-likeness (QED) is 0.574. The highest BCUT2D eigenvalue weighted by Crippen LogP contribution is 2.19. The number of hydrogen-bond acceptors (Lipinski definition) is 5. The smallest absolute Gasteiger partial charge is 0.182 e. The molecule has 0 aliphatic carbocycles. The van der Waals surface area contributed by atoms with Gasteiger partial charge in [0.05, 0.1) is 18.0 Å². The lowest BCUT2D eigenvalue weighted by Crippen LogP contribution is -2.10. The van der Waals surface area contributed by atoms with Crippen LogP contribution < -0.4 is 5.84 Å². The van der Waals surface area contributed by atoms with Crippen LogP contribution in [-0.2, 0) is 7.05 Å². The van der Waals surface area contributed by atoms with E-state index in [-0.39, 0.29) is 0 Å². The highest BCUT2D eigenvalue weighted by molar-refractivity contribution is 5.75. The molecule has 3 rings (SSSR count). The van der Waals surface area contributed by atoms with Gasteiger partial charge in [-0.1, -0.05) is 0 Å². The number of hydrogen-bond donors (Lipinski definition) is 1. The maximum absolute atomic E-state index is 5.91. The first kappa shape index (κ1) is 8.84. The van der Waals surface area contributed by atoms with Crippen molar-refractivity contribution in [3.8, 4) is 11.4 Å². The SMILES string of the molecule is Cn1cc(-c2nc3cncnc3n2N)cn1. The van der Waals surface area contributed by atoms with Gasteiger partial charge in [0.1, 0.15) is 11.8 Å². The lowest BCUT2D eigenvalue weighted by molar-refractivity contribution is 0.768. The zero-order valence-electron chi connectivity index (χ0n) is 8.57. The second-order valence-corrected chi connectivity index (χ2v) is 3.44. The van der Waals surface area contributed by atoms with Gasteiger partial charge < -0.3 is 5.84 Å². The molecular weight excluding hydrogens is 206 g/mol. The van der Waals surface area contributed by atoms with E-state index in [4.69, 9.17) is 5.84 Å². The Hall–Kier alpha value is -2.44. The molecule has 0 aliphatic heterocycles. The van der Waals surface area contributed by atoms with Crippen LogP contribution in [0.5, 0.6) is 0 Å². The molecule has 7 nitrogen and oxygen atoms in total. The van der Waals surface area contributed by atoms with Crippen LogP contribution >= 0.6 is 0 Å². The first-order valence-electron chi connectivity index (χ1n) is 4.68. The van der Waals surface area contributed by atoms with Crippen LogP contribution in [0, 0.1) is 0 Å². The second kappa shape index (κ2) is 3.02. The third-order valence-corrected chi connectivity index (χ3v) is 2.32. The molecule has 16 heavy (non-hydrogen) atoms. The summed E-state index contributed by atoms with van der Waals surface area (Å²) in [5.74, 6) is 6.54. The third-order valence-electron chi connectivity index (χ3n) is 2.32. The summed E-state index contributed by atoms with van der Waals surface area (Å²) < 4.78 is 3.13. The normalized spacial score (nSPS) is 11.1. The van der Waals surface area contributed by atoms with Crippen LogP contribution in [0.2, 0.25) is 0 Å². The molecule has 3 heterocycles. The van der Waals surface area contributed by atoms with Crippen LogP contribution in [0.15, 0.2) is 24.9 Å². The monoisotopic (exact) mass is 215 g/mol. The first-order valence-corrected chi connectivity index (χ1v) is 4.68. The van der Waals surface area contributed by atoms with Crippen molar-refractivity contribution in [2.75, 3.05) is 5.84 Å². The molecule has 80 valence electrons. The fourth-order valence-electron chi connectivity index (χ4n) is 1.59. The summed E-state index contributed by atoms with van der Waals surface area (Å²) in [6, 6.07) is 0. The fourth-order valence-corrected chi connectivity index (χ4v) is 1.59. The maximum atomic E-state index is 5.91. The van der Waals surface area contributed by atoms with E-state index in [1.165, 1.54) is 11.0 Å². The molecule has 7 heteroatoms. The lowest BCUT2D eigenvalue weighted by atomic mass is 10.3. The van der Waals surface area contributed by atoms with Gasteiger partial charge in [-0.2, -0.15) is 5.10 Å². The zero-order valence-corrected chi connectivity index (χ0v) is 8.57. The molecule has 2 N–H and O–H groups in total. The number of imidazole rings is 1. The minimum absolute atomic E-state index is 0.605. The van der Waals surface area contributed by atoms with Crippen molar-refractivity contribution < 1.29 is 0 Å². The minimum Gasteiger partial charge on any atom is -0.336 e. The van der Waals surface area contributed by atoms with Crippen molar-refractivity contribution in [1.82, 2.24) is 29.4 Å². The van der Waals surface area contributed by atoms with E-state index in [9.17, 15) is 0 Å². The first-order chi connectivity index (χ1) is 7.75. The third kappa shape index (κ3) is 1.14. The standard InChI is InChI=1S/C9H9N7/c1-15-4-6(2-13-15)8-14-7-3-11-5-12-9(7)16(8)10/h2-5H,10H2,1H3. The lowest BCUT2D eigenvalue weighted by Gasteiger charge is -1.97. The molecule has 0 aliphatic rings. The Labute approximate surface area is 90.5 Å². The van der Waals surface area contributed by atoms with Gasteiger partial charge in [-0.25, -0.2) is 19.6 Å². The summed E-state index contributed by atoms with van der Waals surface area (Å²) in [5.41, 5.74) is 2.13. The predicted molar refractivity (Wildman–Crippen MR) is 57.7 cm³/mol. The molecule has 3 aromatic heterocycles. The van der Waals surface area contributed by atoms with E-state index in [0.717, 1.165) is 5.56 Å². The van der Waals surface area contributed by atoms with E-state index in [2.05, 4.69) is 20.1 Å². The zero-order chi connectivity index (χ0) is 11.1. The molecular formula is C9H9N7. The van der Waals surface area contributed by atoms with Gasteiger partial charge in [0, 0.05) is 13.2 Å². The molecule has 0 saturated carbocycles. The van der Waals surface area contributed by atoms with Gasteiger partial charge in [-0.15, -0.1) is 0 Å². The van der Waals surface area contributed by atoms with E-state index in [1.54, 1.807) is 17.1 Å². The highest BCUT2D eigenvalue weighted by atomic mass is 15.4. The van der Waals surface area contributed by atoms with E-state index < -0.39 is 0 Å². The van der Waals surface area contributed by atoms with Crippen molar-refractivity contribution in [1.29, 1.82) is 0 Å². The summed E-state index contributed by atoms with van der Waals surface area (Å²) in [7, 11) is 1.84. The predicted octanol–water partition coefficient (Wildman–Crippen LogP) is -0.0594. The number of nitrogens with zero attached hydrogens (tertiary/aromatic N) is 6. The largest absolute Gasteiger partial charge is 0.336 e. The topological polar surface area (TPSA) is 87.4 Å². The van der Waals surface area contributed by atoms with Gasteiger partial charge in [-0.05, 0) is 0 Å². The number of aryl methyl sites for hydroxylation is 1. The van der Waals surface area contributed by atoms with Crippen LogP contribution in [-0.4, -0.2) is 29.4 Å². The van der Waals surface area contributed by atoms with Crippen molar-refractivity contribution >= 4 is 11.2 Å². The molecule has 0 fully saturated rings. The Morgan fingerprint density at radius 3 is 2.88 bits per heavy atom. The molecule has 0 spiro atoms. The number of aromatic nitrogens is 6. The van der Waals surface area contributed by atoms with Gasteiger partial charge in [0.2, 0.25) is 0 Å². The molecule has 0 radical (unpaired) electrons. The van der Waals surface area contributed by atoms with Crippen LogP contribution in [0.3, 0.4) is 0 Å². The number of nitrogens with two attached hydrogens (primary N) is 1. The maximum Gasteiger partial charge on any atom is 0.182 e. The average Bonchev–Trinajstić information content (AvgIpc) is 2.84. The summed E-state index contributed by atoms with van der Waals surface area (Å²) in [6.45, 7) is 0. The van der Waals surface area contributed by atoms with Gasteiger partial charge in [-0.3, -0.25) is 4.68 Å². The Morgan fingerprint density at radius 2 is 2.19 bits per heavy atom. The molecule has 3 aromatic rings. The van der Waals surface area contributed by atoms with Crippen molar-refractivity contribution in [3.05, 3.63) is 24.9 Å². The van der Waals surface area contributed by atoms with Gasteiger partial charge in [0.15, 0.2) is 11.5 Å². The summed E-state index contributed by atoms with van der Waals surface area (Å²) >= 11 is 0. The Morgan fingerprint density at radius 1 is 1.31 bits per heavy atom. The van der Waals surface area contributed by atoms with Crippen LogP contribution in [0.25, 0.3) is 22.6 Å². The highest BCUT2D eigenvalue weighted by Gasteiger charge is 2.12. The molecule has 0 atom stereocenters. The van der Waals surface area contributed by atoms with E-state index >= 15 is 0 Å². The average molecular weight is 215 g/mol. The Bertz CT molecular complexity index is 651. The number of rotatable bonds is 1. The molecule has 0 aromatic carbocycles. The molecule has 0 unspecified atom stereocenters. The molecule has 0 bridgehead atoms. The number of fused-ring (bicyclic) bond motifs is 1. The van der Waals surface area contributed by atoms with Crippen LogP contribution in [0.1, 0.15) is 0 Å². The Balaban J connectivity index is 2.28. The summed E-state index contributed by atoms with van der Waals surface area (Å²) in [5, 5.41) is 4.08. The number of nitrogen functional groups attached to an aromatic ring is 1. The van der Waals surface area contributed by atoms with Gasteiger partial charge in [0.25, 0.3) is 0 Å². The van der Waals surface area contributed by atoms with E-state index in [0.29, 0.717) is 17.0 Å². The van der Waals surface area contributed by atoms with Gasteiger partial charge >= 0.3 is 0 Å². The summed E-state index contributed by atoms with van der Waals surface area (Å²) in [4.78, 5) is 12.3. The van der Waals surface area contributed by atoms with Crippen LogP contribution in [0.4, 0.5) is 0 Å².